The van der Waals surface area contributed by atoms with E-state index in [1.807, 2.05) is 24.3 Å². The van der Waals surface area contributed by atoms with Crippen molar-refractivity contribution in [3.63, 3.8) is 0 Å². The number of benzene rings is 1. The van der Waals surface area contributed by atoms with Gasteiger partial charge in [-0.1, -0.05) is 12.1 Å². The number of anilines is 1. The zero-order valence-corrected chi connectivity index (χ0v) is 9.81. The van der Waals surface area contributed by atoms with Crippen LogP contribution in [0.5, 0.6) is 5.75 Å². The third-order valence-electron chi connectivity index (χ3n) is 2.63. The van der Waals surface area contributed by atoms with Gasteiger partial charge in [-0.25, -0.2) is 0 Å². The quantitative estimate of drug-likeness (QED) is 0.853. The van der Waals surface area contributed by atoms with Crippen LogP contribution in [0.25, 0.3) is 11.1 Å². The van der Waals surface area contributed by atoms with Crippen molar-refractivity contribution < 1.29 is 4.74 Å². The normalized spacial score (nSPS) is 10.2. The number of nitrogen functional groups attached to an aromatic ring is 1. The first kappa shape index (κ1) is 11.3. The molecule has 2 rings (SSSR count). The summed E-state index contributed by atoms with van der Waals surface area (Å²) in [6.45, 7) is 0. The van der Waals surface area contributed by atoms with E-state index in [1.54, 1.807) is 26.4 Å². The molecule has 88 valence electrons. The predicted octanol–water partition coefficient (Wildman–Crippen LogP) is 1.64. The van der Waals surface area contributed by atoms with Crippen LogP contribution in [-0.4, -0.2) is 11.7 Å². The molecule has 1 heterocycles. The van der Waals surface area contributed by atoms with E-state index in [0.717, 1.165) is 16.9 Å². The lowest BCUT2D eigenvalue weighted by Gasteiger charge is -2.07. The van der Waals surface area contributed by atoms with E-state index in [1.165, 1.54) is 4.57 Å². The number of rotatable bonds is 2. The summed E-state index contributed by atoms with van der Waals surface area (Å²) < 4.78 is 6.57. The minimum absolute atomic E-state index is 0.178. The molecule has 0 saturated heterocycles. The van der Waals surface area contributed by atoms with Gasteiger partial charge in [-0.3, -0.25) is 4.79 Å². The lowest BCUT2D eigenvalue weighted by atomic mass is 10.1. The first-order valence-corrected chi connectivity index (χ1v) is 5.22. The molecule has 0 radical (unpaired) electrons. The number of pyridine rings is 1. The average Bonchev–Trinajstić information content (AvgIpc) is 2.35. The van der Waals surface area contributed by atoms with Crippen LogP contribution in [-0.2, 0) is 7.05 Å². The monoisotopic (exact) mass is 230 g/mol. The van der Waals surface area contributed by atoms with Gasteiger partial charge in [-0.2, -0.15) is 0 Å². The zero-order chi connectivity index (χ0) is 12.4. The Labute approximate surface area is 99.3 Å². The Morgan fingerprint density at radius 2 is 1.82 bits per heavy atom. The molecule has 0 aliphatic heterocycles. The Bertz CT molecular complexity index is 559. The lowest BCUT2D eigenvalue weighted by molar-refractivity contribution is 0.415. The molecular weight excluding hydrogens is 216 g/mol. The molecule has 0 aliphatic carbocycles. The summed E-state index contributed by atoms with van der Waals surface area (Å²) in [5.74, 6) is 0.798. The van der Waals surface area contributed by atoms with Crippen LogP contribution in [0.15, 0.2) is 41.3 Å². The SMILES string of the molecule is COc1ccc(-c2cc(N)c(=O)n(C)c2)cc1. The van der Waals surface area contributed by atoms with Gasteiger partial charge >= 0.3 is 0 Å². The molecule has 1 aromatic carbocycles. The van der Waals surface area contributed by atoms with Crippen molar-refractivity contribution in [2.75, 3.05) is 12.8 Å². The topological polar surface area (TPSA) is 57.2 Å². The fraction of sp³-hybridized carbons (Fsp3) is 0.154. The first-order chi connectivity index (χ1) is 8.11. The van der Waals surface area contributed by atoms with Crippen LogP contribution >= 0.6 is 0 Å². The first-order valence-electron chi connectivity index (χ1n) is 5.22. The second kappa shape index (κ2) is 4.33. The minimum atomic E-state index is -0.178. The van der Waals surface area contributed by atoms with E-state index in [0.29, 0.717) is 0 Å². The van der Waals surface area contributed by atoms with Crippen LogP contribution < -0.4 is 16.0 Å². The molecule has 1 aromatic heterocycles. The molecular formula is C13H14N2O2. The molecule has 2 aromatic rings. The van der Waals surface area contributed by atoms with Crippen LogP contribution in [0.4, 0.5) is 5.69 Å². The molecule has 0 saturated carbocycles. The van der Waals surface area contributed by atoms with E-state index in [9.17, 15) is 4.79 Å². The highest BCUT2D eigenvalue weighted by Gasteiger charge is 2.03. The molecule has 2 N–H and O–H groups in total. The third kappa shape index (κ3) is 2.15. The van der Waals surface area contributed by atoms with Gasteiger partial charge in [0.2, 0.25) is 0 Å². The largest absolute Gasteiger partial charge is 0.497 e. The third-order valence-corrected chi connectivity index (χ3v) is 2.63. The van der Waals surface area contributed by atoms with E-state index < -0.39 is 0 Å². The maximum absolute atomic E-state index is 11.5. The standard InChI is InChI=1S/C13H14N2O2/c1-15-8-10(7-12(14)13(15)16)9-3-5-11(17-2)6-4-9/h3-8H,14H2,1-2H3. The number of ether oxygens (including phenoxy) is 1. The van der Waals surface area contributed by atoms with Gasteiger partial charge in [0.15, 0.2) is 0 Å². The molecule has 0 unspecified atom stereocenters. The number of nitrogens with zero attached hydrogens (tertiary/aromatic N) is 1. The minimum Gasteiger partial charge on any atom is -0.497 e. The van der Waals surface area contributed by atoms with E-state index in [-0.39, 0.29) is 11.2 Å². The van der Waals surface area contributed by atoms with Gasteiger partial charge in [0.1, 0.15) is 5.75 Å². The maximum Gasteiger partial charge on any atom is 0.273 e. The van der Waals surface area contributed by atoms with Gasteiger partial charge in [-0.15, -0.1) is 0 Å². The van der Waals surface area contributed by atoms with Crippen molar-refractivity contribution in [1.29, 1.82) is 0 Å². The maximum atomic E-state index is 11.5. The Morgan fingerprint density at radius 1 is 1.18 bits per heavy atom. The van der Waals surface area contributed by atoms with Crippen LogP contribution in [0.1, 0.15) is 0 Å². The highest BCUT2D eigenvalue weighted by atomic mass is 16.5. The number of aryl methyl sites for hydroxylation is 1. The second-order valence-corrected chi connectivity index (χ2v) is 3.83. The summed E-state index contributed by atoms with van der Waals surface area (Å²) in [4.78, 5) is 11.5. The van der Waals surface area contributed by atoms with Crippen molar-refractivity contribution in [3.05, 3.63) is 46.9 Å². The highest BCUT2D eigenvalue weighted by molar-refractivity contribution is 5.66. The number of hydrogen-bond acceptors (Lipinski definition) is 3. The molecule has 0 fully saturated rings. The average molecular weight is 230 g/mol. The zero-order valence-electron chi connectivity index (χ0n) is 9.81. The molecule has 0 aliphatic rings. The molecule has 0 bridgehead atoms. The molecule has 17 heavy (non-hydrogen) atoms. The highest BCUT2D eigenvalue weighted by Crippen LogP contribution is 2.22. The molecule has 0 atom stereocenters. The van der Waals surface area contributed by atoms with Gasteiger partial charge in [0.05, 0.1) is 12.8 Å². The van der Waals surface area contributed by atoms with Crippen molar-refractivity contribution >= 4 is 5.69 Å². The van der Waals surface area contributed by atoms with Crippen LogP contribution in [0, 0.1) is 0 Å². The Hall–Kier alpha value is -2.23. The van der Waals surface area contributed by atoms with Crippen molar-refractivity contribution in [1.82, 2.24) is 4.57 Å². The summed E-state index contributed by atoms with van der Waals surface area (Å²) in [6.07, 6.45) is 1.76. The summed E-state index contributed by atoms with van der Waals surface area (Å²) >= 11 is 0. The van der Waals surface area contributed by atoms with E-state index >= 15 is 0 Å². The number of methoxy groups -OCH3 is 1. The van der Waals surface area contributed by atoms with Gasteiger partial charge in [0.25, 0.3) is 5.56 Å². The Balaban J connectivity index is 2.49. The summed E-state index contributed by atoms with van der Waals surface area (Å²) in [5.41, 5.74) is 7.63. The summed E-state index contributed by atoms with van der Waals surface area (Å²) in [7, 11) is 3.31. The molecule has 0 spiro atoms. The lowest BCUT2D eigenvalue weighted by Crippen LogP contribution is -2.19. The summed E-state index contributed by atoms with van der Waals surface area (Å²) in [5, 5.41) is 0. The van der Waals surface area contributed by atoms with Gasteiger partial charge < -0.3 is 15.0 Å². The molecule has 0 amide bonds. The molecule has 4 heteroatoms. The van der Waals surface area contributed by atoms with Crippen molar-refractivity contribution in [2.24, 2.45) is 7.05 Å². The number of hydrogen-bond donors (Lipinski definition) is 1. The molecule has 4 nitrogen and oxygen atoms in total. The van der Waals surface area contributed by atoms with E-state index in [4.69, 9.17) is 10.5 Å². The van der Waals surface area contributed by atoms with Crippen LogP contribution in [0.2, 0.25) is 0 Å². The van der Waals surface area contributed by atoms with Gasteiger partial charge in [-0.05, 0) is 23.8 Å². The number of aromatic nitrogens is 1. The smallest absolute Gasteiger partial charge is 0.273 e. The van der Waals surface area contributed by atoms with Crippen LogP contribution in [0.3, 0.4) is 0 Å². The Kier molecular flexibility index (Phi) is 2.87. The van der Waals surface area contributed by atoms with Gasteiger partial charge in [0, 0.05) is 18.8 Å². The fourth-order valence-electron chi connectivity index (χ4n) is 1.68. The predicted molar refractivity (Wildman–Crippen MR) is 68.1 cm³/mol. The second-order valence-electron chi connectivity index (χ2n) is 3.83. The van der Waals surface area contributed by atoms with Crippen molar-refractivity contribution in [3.8, 4) is 16.9 Å². The number of nitrogens with two attached hydrogens (primary N) is 1. The van der Waals surface area contributed by atoms with E-state index in [2.05, 4.69) is 0 Å². The fourth-order valence-corrected chi connectivity index (χ4v) is 1.68. The Morgan fingerprint density at radius 3 is 2.35 bits per heavy atom. The summed E-state index contributed by atoms with van der Waals surface area (Å²) in [6, 6.07) is 9.29. The van der Waals surface area contributed by atoms with Crippen molar-refractivity contribution in [2.45, 2.75) is 0 Å².